The Morgan fingerprint density at radius 2 is 1.75 bits per heavy atom. The minimum absolute atomic E-state index is 0.0395. The van der Waals surface area contributed by atoms with Gasteiger partial charge in [0.15, 0.2) is 0 Å². The molecular weight excluding hydrogens is 298 g/mol. The molecule has 1 saturated heterocycles. The Balaban J connectivity index is 1.67. The number of aliphatic hydroxyl groups excluding tert-OH is 2. The zero-order chi connectivity index (χ0) is 16.5. The minimum atomic E-state index is -0.464. The lowest BCUT2D eigenvalue weighted by atomic mass is 9.70. The first kappa shape index (κ1) is 15.8. The van der Waals surface area contributed by atoms with E-state index in [0.29, 0.717) is 6.04 Å². The molecule has 0 aromatic heterocycles. The molecule has 3 heteroatoms. The molecule has 24 heavy (non-hydrogen) atoms. The van der Waals surface area contributed by atoms with Gasteiger partial charge in [-0.1, -0.05) is 54.6 Å². The van der Waals surface area contributed by atoms with Crippen LogP contribution < -0.4 is 0 Å². The number of benzene rings is 2. The quantitative estimate of drug-likeness (QED) is 0.912. The first-order valence-corrected chi connectivity index (χ1v) is 8.92. The first-order chi connectivity index (χ1) is 11.8. The Hall–Kier alpha value is -1.68. The molecule has 3 nitrogen and oxygen atoms in total. The summed E-state index contributed by atoms with van der Waals surface area (Å²) in [6, 6.07) is 19.3. The van der Waals surface area contributed by atoms with Gasteiger partial charge < -0.3 is 10.2 Å². The molecule has 4 atom stereocenters. The number of fused-ring (bicyclic) bond motifs is 3. The summed E-state index contributed by atoms with van der Waals surface area (Å²) in [7, 11) is 0. The zero-order valence-electron chi connectivity index (χ0n) is 13.9. The molecule has 0 saturated carbocycles. The fourth-order valence-electron chi connectivity index (χ4n) is 4.60. The predicted octanol–water partition coefficient (Wildman–Crippen LogP) is 2.57. The van der Waals surface area contributed by atoms with E-state index in [9.17, 15) is 10.2 Å². The van der Waals surface area contributed by atoms with Crippen molar-refractivity contribution in [2.24, 2.45) is 5.92 Å². The van der Waals surface area contributed by atoms with Crippen molar-refractivity contribution in [1.82, 2.24) is 4.90 Å². The Morgan fingerprint density at radius 1 is 1.00 bits per heavy atom. The average Bonchev–Trinajstić information content (AvgIpc) is 2.64. The monoisotopic (exact) mass is 323 g/mol. The molecule has 2 N–H and O–H groups in total. The maximum Gasteiger partial charge on any atom is 0.0686 e. The van der Waals surface area contributed by atoms with Gasteiger partial charge in [0.1, 0.15) is 0 Å². The van der Waals surface area contributed by atoms with Crippen LogP contribution in [0.25, 0.3) is 0 Å². The Bertz CT molecular complexity index is 687. The number of piperidine rings is 1. The van der Waals surface area contributed by atoms with Crippen LogP contribution in [0.2, 0.25) is 0 Å². The number of nitrogens with zero attached hydrogens (tertiary/aromatic N) is 1. The Kier molecular flexibility index (Phi) is 4.40. The van der Waals surface area contributed by atoms with E-state index in [4.69, 9.17) is 0 Å². The number of aliphatic hydroxyl groups is 2. The summed E-state index contributed by atoms with van der Waals surface area (Å²) in [5.74, 6) is 0.0191. The summed E-state index contributed by atoms with van der Waals surface area (Å²) in [4.78, 5) is 2.48. The van der Waals surface area contributed by atoms with Gasteiger partial charge in [0.2, 0.25) is 0 Å². The number of likely N-dealkylation sites (tertiary alicyclic amines) is 1. The third-order valence-corrected chi connectivity index (χ3v) is 5.79. The van der Waals surface area contributed by atoms with Gasteiger partial charge >= 0.3 is 0 Å². The summed E-state index contributed by atoms with van der Waals surface area (Å²) in [5, 5.41) is 20.7. The highest BCUT2D eigenvalue weighted by Crippen LogP contribution is 2.42. The van der Waals surface area contributed by atoms with Gasteiger partial charge in [-0.3, -0.25) is 4.90 Å². The minimum Gasteiger partial charge on any atom is -0.396 e. The lowest BCUT2D eigenvalue weighted by molar-refractivity contribution is -0.0543. The third kappa shape index (κ3) is 2.77. The SMILES string of the molecule is OC[C@@H]1CN(Cc2ccccc2)[C@@H]2CCc3ccccc3[C@H]2[C@@H]1O. The van der Waals surface area contributed by atoms with E-state index in [2.05, 4.69) is 53.4 Å². The molecule has 1 fully saturated rings. The van der Waals surface area contributed by atoms with Crippen molar-refractivity contribution in [2.75, 3.05) is 13.2 Å². The van der Waals surface area contributed by atoms with Crippen molar-refractivity contribution >= 4 is 0 Å². The summed E-state index contributed by atoms with van der Waals surface area (Å²) >= 11 is 0. The molecule has 2 aromatic carbocycles. The maximum absolute atomic E-state index is 10.9. The van der Waals surface area contributed by atoms with E-state index in [-0.39, 0.29) is 18.4 Å². The molecule has 2 aliphatic rings. The molecular formula is C21H25NO2. The van der Waals surface area contributed by atoms with Crippen molar-refractivity contribution in [3.8, 4) is 0 Å². The van der Waals surface area contributed by atoms with Gasteiger partial charge in [0.25, 0.3) is 0 Å². The van der Waals surface area contributed by atoms with Crippen LogP contribution in [-0.2, 0) is 13.0 Å². The van der Waals surface area contributed by atoms with Crippen LogP contribution in [0.1, 0.15) is 29.0 Å². The van der Waals surface area contributed by atoms with E-state index >= 15 is 0 Å². The zero-order valence-corrected chi connectivity index (χ0v) is 13.9. The van der Waals surface area contributed by atoms with Crippen molar-refractivity contribution < 1.29 is 10.2 Å². The van der Waals surface area contributed by atoms with Gasteiger partial charge in [-0.15, -0.1) is 0 Å². The molecule has 1 aliphatic heterocycles. The highest BCUT2D eigenvalue weighted by Gasteiger charge is 2.45. The molecule has 4 rings (SSSR count). The number of rotatable bonds is 3. The maximum atomic E-state index is 10.9. The molecule has 0 unspecified atom stereocenters. The van der Waals surface area contributed by atoms with Gasteiger partial charge in [0, 0.05) is 37.6 Å². The van der Waals surface area contributed by atoms with Gasteiger partial charge in [-0.25, -0.2) is 0 Å². The molecule has 0 bridgehead atoms. The van der Waals surface area contributed by atoms with E-state index in [1.165, 1.54) is 16.7 Å². The first-order valence-electron chi connectivity index (χ1n) is 8.92. The third-order valence-electron chi connectivity index (χ3n) is 5.79. The second-order valence-corrected chi connectivity index (χ2v) is 7.18. The number of hydrogen-bond acceptors (Lipinski definition) is 3. The lowest BCUT2D eigenvalue weighted by Gasteiger charge is -2.50. The van der Waals surface area contributed by atoms with Gasteiger partial charge in [-0.05, 0) is 29.5 Å². The van der Waals surface area contributed by atoms with E-state index < -0.39 is 6.10 Å². The topological polar surface area (TPSA) is 43.7 Å². The van der Waals surface area contributed by atoms with E-state index in [1.54, 1.807) is 0 Å². The van der Waals surface area contributed by atoms with E-state index in [0.717, 1.165) is 25.9 Å². The second kappa shape index (κ2) is 6.67. The fourth-order valence-corrected chi connectivity index (χ4v) is 4.60. The molecule has 1 aliphatic carbocycles. The van der Waals surface area contributed by atoms with Gasteiger partial charge in [0.05, 0.1) is 6.10 Å². The summed E-state index contributed by atoms with van der Waals surface area (Å²) < 4.78 is 0. The van der Waals surface area contributed by atoms with Crippen LogP contribution in [0.4, 0.5) is 0 Å². The van der Waals surface area contributed by atoms with Crippen molar-refractivity contribution in [3.05, 3.63) is 71.3 Å². The molecule has 126 valence electrons. The highest BCUT2D eigenvalue weighted by atomic mass is 16.3. The summed E-state index contributed by atoms with van der Waals surface area (Å²) in [5.41, 5.74) is 3.93. The lowest BCUT2D eigenvalue weighted by Crippen LogP contribution is -2.56. The van der Waals surface area contributed by atoms with Crippen LogP contribution >= 0.6 is 0 Å². The molecule has 0 spiro atoms. The van der Waals surface area contributed by atoms with Crippen LogP contribution in [-0.4, -0.2) is 40.4 Å². The Morgan fingerprint density at radius 3 is 2.54 bits per heavy atom. The molecule has 2 aromatic rings. The average molecular weight is 323 g/mol. The Labute approximate surface area is 143 Å². The largest absolute Gasteiger partial charge is 0.396 e. The smallest absolute Gasteiger partial charge is 0.0686 e. The van der Waals surface area contributed by atoms with Crippen molar-refractivity contribution in [3.63, 3.8) is 0 Å². The van der Waals surface area contributed by atoms with Crippen molar-refractivity contribution in [2.45, 2.75) is 37.5 Å². The van der Waals surface area contributed by atoms with Crippen LogP contribution in [0.5, 0.6) is 0 Å². The van der Waals surface area contributed by atoms with Crippen molar-refractivity contribution in [1.29, 1.82) is 0 Å². The summed E-state index contributed by atoms with van der Waals surface area (Å²) in [6.07, 6.45) is 1.68. The fraction of sp³-hybridized carbons (Fsp3) is 0.429. The highest BCUT2D eigenvalue weighted by molar-refractivity contribution is 5.36. The second-order valence-electron chi connectivity index (χ2n) is 7.18. The van der Waals surface area contributed by atoms with Gasteiger partial charge in [-0.2, -0.15) is 0 Å². The van der Waals surface area contributed by atoms with Crippen LogP contribution in [0.15, 0.2) is 54.6 Å². The van der Waals surface area contributed by atoms with Crippen LogP contribution in [0, 0.1) is 5.92 Å². The predicted molar refractivity (Wildman–Crippen MR) is 94.7 cm³/mol. The normalized spacial score (nSPS) is 29.8. The standard InChI is InChI=1S/C21H25NO2/c23-14-17-13-22(12-15-6-2-1-3-7-15)19-11-10-16-8-4-5-9-18(16)20(19)21(17)24/h1-9,17,19-21,23-24H,10-14H2/t17-,19+,20+,21+/m0/s1. The molecule has 0 radical (unpaired) electrons. The summed E-state index contributed by atoms with van der Waals surface area (Å²) in [6.45, 7) is 1.68. The molecule has 0 amide bonds. The van der Waals surface area contributed by atoms with Crippen LogP contribution in [0.3, 0.4) is 0 Å². The van der Waals surface area contributed by atoms with E-state index in [1.807, 2.05) is 6.07 Å². The molecule has 1 heterocycles. The number of aryl methyl sites for hydroxylation is 1. The number of hydrogen-bond donors (Lipinski definition) is 2.